The monoisotopic (exact) mass is 444 g/mol. The Bertz CT molecular complexity index is 1170. The molecule has 0 N–H and O–H groups in total. The van der Waals surface area contributed by atoms with Gasteiger partial charge in [-0.15, -0.1) is 0 Å². The molecule has 1 aliphatic rings. The van der Waals surface area contributed by atoms with Crippen molar-refractivity contribution in [1.29, 1.82) is 0 Å². The summed E-state index contributed by atoms with van der Waals surface area (Å²) >= 11 is 0. The topological polar surface area (TPSA) is 44.8 Å². The predicted octanol–water partition coefficient (Wildman–Crippen LogP) is 6.19. The largest absolute Gasteiger partial charge is 0.489 e. The summed E-state index contributed by atoms with van der Waals surface area (Å²) in [6.45, 7) is -0.478. The van der Waals surface area contributed by atoms with Crippen LogP contribution in [0, 0.1) is 5.82 Å². The highest BCUT2D eigenvalue weighted by atomic mass is 19.4. The van der Waals surface area contributed by atoms with E-state index in [9.17, 15) is 22.4 Å². The van der Waals surface area contributed by atoms with Crippen molar-refractivity contribution in [3.63, 3.8) is 0 Å². The third kappa shape index (κ3) is 4.74. The summed E-state index contributed by atoms with van der Waals surface area (Å²) in [5.74, 6) is -0.131. The number of halogens is 4. The lowest BCUT2D eigenvalue weighted by molar-refractivity contribution is -0.138. The number of benzene rings is 3. The number of hydrogen-bond donors (Lipinski definition) is 0. The van der Waals surface area contributed by atoms with E-state index in [0.717, 1.165) is 12.1 Å². The second-order valence-corrected chi connectivity index (χ2v) is 6.96. The van der Waals surface area contributed by atoms with E-state index in [2.05, 4.69) is 0 Å². The Hall–Kier alpha value is -3.81. The fourth-order valence-corrected chi connectivity index (χ4v) is 3.16. The van der Waals surface area contributed by atoms with Crippen LogP contribution < -0.4 is 14.2 Å². The van der Waals surface area contributed by atoms with Crippen LogP contribution in [0.1, 0.15) is 16.7 Å². The van der Waals surface area contributed by atoms with Crippen molar-refractivity contribution < 1.29 is 36.6 Å². The Balaban J connectivity index is 1.56. The van der Waals surface area contributed by atoms with Crippen molar-refractivity contribution in [2.45, 2.75) is 12.8 Å². The summed E-state index contributed by atoms with van der Waals surface area (Å²) in [4.78, 5) is 10.9. The Labute approximate surface area is 180 Å². The SMILES string of the molecule is O=CC1=Cc2c(F)cc(OCc3ccc(Oc4ccccc4)cc3C(F)(F)F)cc2OC1. The lowest BCUT2D eigenvalue weighted by Gasteiger charge is -2.18. The molecule has 1 heterocycles. The van der Waals surface area contributed by atoms with Crippen LogP contribution in [0.5, 0.6) is 23.0 Å². The molecule has 0 bridgehead atoms. The van der Waals surface area contributed by atoms with Crippen LogP contribution in [-0.4, -0.2) is 12.9 Å². The Morgan fingerprint density at radius 2 is 1.75 bits per heavy atom. The molecule has 3 aromatic rings. The van der Waals surface area contributed by atoms with Crippen molar-refractivity contribution in [2.24, 2.45) is 0 Å². The molecule has 0 atom stereocenters. The normalized spacial score (nSPS) is 12.9. The lowest BCUT2D eigenvalue weighted by Crippen LogP contribution is -2.12. The van der Waals surface area contributed by atoms with Crippen molar-refractivity contribution >= 4 is 12.4 Å². The number of ether oxygens (including phenoxy) is 3. The van der Waals surface area contributed by atoms with Crippen molar-refractivity contribution in [1.82, 2.24) is 0 Å². The summed E-state index contributed by atoms with van der Waals surface area (Å²) in [6, 6.07) is 14.4. The van der Waals surface area contributed by atoms with E-state index < -0.39 is 24.2 Å². The number of rotatable bonds is 6. The standard InChI is InChI=1S/C24H16F4O4/c25-22-10-19(11-23-20(22)8-15(12-29)13-31-23)30-14-16-6-7-18(9-21(16)24(26,27)28)32-17-4-2-1-3-5-17/h1-12H,13-14H2. The first-order valence-electron chi connectivity index (χ1n) is 9.51. The minimum absolute atomic E-state index is 0.00180. The molecule has 0 aliphatic carbocycles. The number of alkyl halides is 3. The zero-order valence-corrected chi connectivity index (χ0v) is 16.5. The molecule has 0 spiro atoms. The zero-order chi connectivity index (χ0) is 22.7. The van der Waals surface area contributed by atoms with Gasteiger partial charge >= 0.3 is 6.18 Å². The maximum atomic E-state index is 14.4. The van der Waals surface area contributed by atoms with Gasteiger partial charge in [-0.3, -0.25) is 4.79 Å². The van der Waals surface area contributed by atoms with E-state index in [1.165, 1.54) is 24.3 Å². The highest BCUT2D eigenvalue weighted by Crippen LogP contribution is 2.37. The maximum absolute atomic E-state index is 14.4. The average Bonchev–Trinajstić information content (AvgIpc) is 2.78. The van der Waals surface area contributed by atoms with Gasteiger partial charge in [0.25, 0.3) is 0 Å². The number of carbonyl (C=O) groups is 1. The second kappa shape index (κ2) is 8.74. The van der Waals surface area contributed by atoms with Gasteiger partial charge in [-0.05, 0) is 30.3 Å². The molecule has 0 aromatic heterocycles. The van der Waals surface area contributed by atoms with Gasteiger partial charge in [0.05, 0.1) is 11.1 Å². The molecule has 3 aromatic carbocycles. The van der Waals surface area contributed by atoms with E-state index in [-0.39, 0.29) is 40.6 Å². The minimum atomic E-state index is -4.64. The van der Waals surface area contributed by atoms with Crippen molar-refractivity contribution in [3.8, 4) is 23.0 Å². The number of aldehydes is 1. The highest BCUT2D eigenvalue weighted by molar-refractivity contribution is 5.84. The van der Waals surface area contributed by atoms with E-state index in [1.54, 1.807) is 30.3 Å². The number of fused-ring (bicyclic) bond motifs is 1. The fourth-order valence-electron chi connectivity index (χ4n) is 3.16. The zero-order valence-electron chi connectivity index (χ0n) is 16.5. The molecular formula is C24H16F4O4. The maximum Gasteiger partial charge on any atom is 0.416 e. The second-order valence-electron chi connectivity index (χ2n) is 6.96. The summed E-state index contributed by atoms with van der Waals surface area (Å²) < 4.78 is 71.5. The van der Waals surface area contributed by atoms with Gasteiger partial charge in [-0.25, -0.2) is 4.39 Å². The highest BCUT2D eigenvalue weighted by Gasteiger charge is 2.34. The molecule has 0 saturated carbocycles. The lowest BCUT2D eigenvalue weighted by atomic mass is 10.1. The van der Waals surface area contributed by atoms with Gasteiger partial charge in [0.2, 0.25) is 0 Å². The molecule has 1 aliphatic heterocycles. The summed E-state index contributed by atoms with van der Waals surface area (Å²) in [6.07, 6.45) is -2.72. The van der Waals surface area contributed by atoms with E-state index in [0.29, 0.717) is 12.0 Å². The molecule has 8 heteroatoms. The summed E-state index contributed by atoms with van der Waals surface area (Å²) in [7, 11) is 0. The first-order valence-corrected chi connectivity index (χ1v) is 9.51. The van der Waals surface area contributed by atoms with Gasteiger partial charge in [0, 0.05) is 23.3 Å². The Morgan fingerprint density at radius 3 is 2.47 bits per heavy atom. The molecule has 164 valence electrons. The van der Waals surface area contributed by atoms with Gasteiger partial charge in [0.1, 0.15) is 48.3 Å². The first-order chi connectivity index (χ1) is 15.3. The van der Waals surface area contributed by atoms with Crippen LogP contribution in [0.2, 0.25) is 0 Å². The molecule has 0 saturated heterocycles. The van der Waals surface area contributed by atoms with Crippen LogP contribution in [0.4, 0.5) is 17.6 Å². The Morgan fingerprint density at radius 1 is 0.969 bits per heavy atom. The number of carbonyl (C=O) groups excluding carboxylic acids is 1. The van der Waals surface area contributed by atoms with Crippen molar-refractivity contribution in [2.75, 3.05) is 6.61 Å². The van der Waals surface area contributed by atoms with Crippen LogP contribution in [0.3, 0.4) is 0 Å². The fraction of sp³-hybridized carbons (Fsp3) is 0.125. The van der Waals surface area contributed by atoms with Crippen LogP contribution in [-0.2, 0) is 17.6 Å². The molecule has 0 unspecified atom stereocenters. The molecular weight excluding hydrogens is 428 g/mol. The molecule has 0 fully saturated rings. The van der Waals surface area contributed by atoms with Gasteiger partial charge in [-0.1, -0.05) is 24.3 Å². The van der Waals surface area contributed by atoms with E-state index >= 15 is 0 Å². The molecule has 0 amide bonds. The quantitative estimate of drug-likeness (QED) is 0.336. The van der Waals surface area contributed by atoms with Gasteiger partial charge in [0.15, 0.2) is 0 Å². The summed E-state index contributed by atoms with van der Waals surface area (Å²) in [5, 5.41) is 0. The van der Waals surface area contributed by atoms with Crippen LogP contribution >= 0.6 is 0 Å². The number of hydrogen-bond acceptors (Lipinski definition) is 4. The Kier molecular flexibility index (Phi) is 5.85. The van der Waals surface area contributed by atoms with E-state index in [4.69, 9.17) is 14.2 Å². The number of para-hydroxylation sites is 1. The molecule has 0 radical (unpaired) electrons. The molecule has 4 nitrogen and oxygen atoms in total. The average molecular weight is 444 g/mol. The third-order valence-electron chi connectivity index (χ3n) is 4.70. The predicted molar refractivity (Wildman–Crippen MR) is 108 cm³/mol. The van der Waals surface area contributed by atoms with Gasteiger partial charge < -0.3 is 14.2 Å². The first kappa shape index (κ1) is 21.4. The smallest absolute Gasteiger partial charge is 0.416 e. The van der Waals surface area contributed by atoms with Crippen molar-refractivity contribution in [3.05, 3.63) is 88.7 Å². The van der Waals surface area contributed by atoms with E-state index in [1.807, 2.05) is 0 Å². The third-order valence-corrected chi connectivity index (χ3v) is 4.70. The molecule has 4 rings (SSSR count). The molecule has 32 heavy (non-hydrogen) atoms. The van der Waals surface area contributed by atoms with Crippen LogP contribution in [0.25, 0.3) is 6.08 Å². The minimum Gasteiger partial charge on any atom is -0.489 e. The van der Waals surface area contributed by atoms with Gasteiger partial charge in [-0.2, -0.15) is 13.2 Å². The summed E-state index contributed by atoms with van der Waals surface area (Å²) in [5.41, 5.74) is -0.693. The van der Waals surface area contributed by atoms with Crippen LogP contribution in [0.15, 0.2) is 66.2 Å².